The molecule has 100 valence electrons. The maximum Gasteiger partial charge on any atom is 0.00187 e. The Morgan fingerprint density at radius 3 is 2.83 bits per heavy atom. The molecular weight excluding hydrogens is 220 g/mol. The molecule has 0 bridgehead atoms. The van der Waals surface area contributed by atoms with Gasteiger partial charge in [0.1, 0.15) is 0 Å². The lowest BCUT2D eigenvalue weighted by Gasteiger charge is -2.30. The van der Waals surface area contributed by atoms with Crippen molar-refractivity contribution in [1.29, 1.82) is 0 Å². The molecule has 18 heavy (non-hydrogen) atoms. The van der Waals surface area contributed by atoms with Crippen molar-refractivity contribution in [2.75, 3.05) is 33.2 Å². The van der Waals surface area contributed by atoms with E-state index >= 15 is 0 Å². The Morgan fingerprint density at radius 1 is 1.33 bits per heavy atom. The lowest BCUT2D eigenvalue weighted by atomic mass is 9.97. The molecule has 1 aromatic carbocycles. The highest BCUT2D eigenvalue weighted by molar-refractivity contribution is 5.18. The van der Waals surface area contributed by atoms with Crippen LogP contribution in [0.15, 0.2) is 30.3 Å². The molecule has 0 radical (unpaired) electrons. The lowest BCUT2D eigenvalue weighted by molar-refractivity contribution is 0.206. The quantitative estimate of drug-likeness (QED) is 0.859. The SMILES string of the molecule is C[C@@H](CNC[C@@H]1CCCN(C)C1)c1ccccc1. The van der Waals surface area contributed by atoms with E-state index in [1.165, 1.54) is 38.0 Å². The van der Waals surface area contributed by atoms with Gasteiger partial charge in [0.25, 0.3) is 0 Å². The van der Waals surface area contributed by atoms with Crippen LogP contribution in [-0.2, 0) is 0 Å². The first-order valence-corrected chi connectivity index (χ1v) is 7.20. The Kier molecular flexibility index (Phi) is 5.21. The number of likely N-dealkylation sites (tertiary alicyclic amines) is 1. The molecule has 2 rings (SSSR count). The third kappa shape index (κ3) is 4.11. The summed E-state index contributed by atoms with van der Waals surface area (Å²) in [5, 5.41) is 3.65. The highest BCUT2D eigenvalue weighted by Gasteiger charge is 2.16. The van der Waals surface area contributed by atoms with Gasteiger partial charge in [-0.1, -0.05) is 37.3 Å². The summed E-state index contributed by atoms with van der Waals surface area (Å²) in [6.07, 6.45) is 2.74. The average molecular weight is 246 g/mol. The molecule has 1 aliphatic heterocycles. The number of nitrogens with zero attached hydrogens (tertiary/aromatic N) is 1. The van der Waals surface area contributed by atoms with Gasteiger partial charge in [-0.25, -0.2) is 0 Å². The average Bonchev–Trinajstić information content (AvgIpc) is 2.40. The topological polar surface area (TPSA) is 15.3 Å². The van der Waals surface area contributed by atoms with Gasteiger partial charge in [0.2, 0.25) is 0 Å². The van der Waals surface area contributed by atoms with Crippen molar-refractivity contribution in [1.82, 2.24) is 10.2 Å². The van der Waals surface area contributed by atoms with Crippen molar-refractivity contribution in [3.05, 3.63) is 35.9 Å². The maximum absolute atomic E-state index is 3.65. The summed E-state index contributed by atoms with van der Waals surface area (Å²) in [6.45, 7) is 7.09. The Bertz CT molecular complexity index is 336. The fourth-order valence-corrected chi connectivity index (χ4v) is 2.84. The first kappa shape index (κ1) is 13.6. The van der Waals surface area contributed by atoms with Gasteiger partial charge in [-0.05, 0) is 50.4 Å². The number of rotatable bonds is 5. The summed E-state index contributed by atoms with van der Waals surface area (Å²) in [4.78, 5) is 2.45. The molecule has 1 fully saturated rings. The molecule has 0 amide bonds. The Hall–Kier alpha value is -0.860. The van der Waals surface area contributed by atoms with E-state index in [1.54, 1.807) is 0 Å². The molecule has 0 unspecified atom stereocenters. The van der Waals surface area contributed by atoms with Crippen LogP contribution in [0.5, 0.6) is 0 Å². The fraction of sp³-hybridized carbons (Fsp3) is 0.625. The van der Waals surface area contributed by atoms with E-state index in [1.807, 2.05) is 0 Å². The number of nitrogens with one attached hydrogen (secondary N) is 1. The second-order valence-electron chi connectivity index (χ2n) is 5.74. The molecule has 2 nitrogen and oxygen atoms in total. The van der Waals surface area contributed by atoms with Crippen molar-refractivity contribution in [3.63, 3.8) is 0 Å². The summed E-state index contributed by atoms with van der Waals surface area (Å²) >= 11 is 0. The zero-order chi connectivity index (χ0) is 12.8. The molecule has 2 atom stereocenters. The standard InChI is InChI=1S/C16H26N2/c1-14(16-8-4-3-5-9-16)11-17-12-15-7-6-10-18(2)13-15/h3-5,8-9,14-15,17H,6-7,10-13H2,1-2H3/t14-,15-/m0/s1. The highest BCUT2D eigenvalue weighted by Crippen LogP contribution is 2.16. The molecule has 1 saturated heterocycles. The minimum atomic E-state index is 0.604. The first-order valence-electron chi connectivity index (χ1n) is 7.20. The minimum absolute atomic E-state index is 0.604. The molecule has 0 spiro atoms. The lowest BCUT2D eigenvalue weighted by Crippen LogP contribution is -2.38. The predicted octanol–water partition coefficient (Wildman–Crippen LogP) is 2.72. The number of piperidine rings is 1. The van der Waals surface area contributed by atoms with Gasteiger partial charge in [0, 0.05) is 13.1 Å². The van der Waals surface area contributed by atoms with Gasteiger partial charge in [-0.3, -0.25) is 0 Å². The molecule has 0 aromatic heterocycles. The van der Waals surface area contributed by atoms with E-state index in [-0.39, 0.29) is 0 Å². The summed E-state index contributed by atoms with van der Waals surface area (Å²) in [5.74, 6) is 1.44. The third-order valence-electron chi connectivity index (χ3n) is 3.97. The van der Waals surface area contributed by atoms with Crippen molar-refractivity contribution in [2.24, 2.45) is 5.92 Å². The van der Waals surface area contributed by atoms with Crippen LogP contribution in [0.4, 0.5) is 0 Å². The largest absolute Gasteiger partial charge is 0.316 e. The molecular formula is C16H26N2. The van der Waals surface area contributed by atoms with Crippen molar-refractivity contribution in [2.45, 2.75) is 25.7 Å². The second-order valence-corrected chi connectivity index (χ2v) is 5.74. The van der Waals surface area contributed by atoms with E-state index < -0.39 is 0 Å². The van der Waals surface area contributed by atoms with Crippen LogP contribution in [0.25, 0.3) is 0 Å². The zero-order valence-corrected chi connectivity index (χ0v) is 11.7. The monoisotopic (exact) mass is 246 g/mol. The van der Waals surface area contributed by atoms with Gasteiger partial charge >= 0.3 is 0 Å². The summed E-state index contributed by atoms with van der Waals surface area (Å²) in [7, 11) is 2.23. The first-order chi connectivity index (χ1) is 8.75. The van der Waals surface area contributed by atoms with Crippen LogP contribution >= 0.6 is 0 Å². The molecule has 0 saturated carbocycles. The van der Waals surface area contributed by atoms with E-state index in [0.29, 0.717) is 5.92 Å². The van der Waals surface area contributed by atoms with Crippen LogP contribution < -0.4 is 5.32 Å². The molecule has 1 aliphatic rings. The molecule has 0 aliphatic carbocycles. The number of hydrogen-bond donors (Lipinski definition) is 1. The fourth-order valence-electron chi connectivity index (χ4n) is 2.84. The molecule has 1 aromatic rings. The molecule has 1 heterocycles. The number of hydrogen-bond acceptors (Lipinski definition) is 2. The van der Waals surface area contributed by atoms with Gasteiger partial charge in [-0.2, -0.15) is 0 Å². The maximum atomic E-state index is 3.65. The predicted molar refractivity (Wildman–Crippen MR) is 77.9 cm³/mol. The van der Waals surface area contributed by atoms with Crippen LogP contribution in [0.1, 0.15) is 31.2 Å². The number of benzene rings is 1. The van der Waals surface area contributed by atoms with Crippen molar-refractivity contribution in [3.8, 4) is 0 Å². The van der Waals surface area contributed by atoms with Gasteiger partial charge in [0.15, 0.2) is 0 Å². The van der Waals surface area contributed by atoms with E-state index in [0.717, 1.165) is 12.5 Å². The minimum Gasteiger partial charge on any atom is -0.316 e. The molecule has 1 N–H and O–H groups in total. The van der Waals surface area contributed by atoms with Crippen LogP contribution in [0.3, 0.4) is 0 Å². The summed E-state index contributed by atoms with van der Waals surface area (Å²) < 4.78 is 0. The highest BCUT2D eigenvalue weighted by atomic mass is 15.1. The Morgan fingerprint density at radius 2 is 2.11 bits per heavy atom. The van der Waals surface area contributed by atoms with E-state index in [4.69, 9.17) is 0 Å². The Balaban J connectivity index is 1.69. The normalized spacial score (nSPS) is 22.9. The zero-order valence-electron chi connectivity index (χ0n) is 11.7. The molecule has 2 heteroatoms. The summed E-state index contributed by atoms with van der Waals surface area (Å²) in [6, 6.07) is 10.8. The van der Waals surface area contributed by atoms with E-state index in [9.17, 15) is 0 Å². The van der Waals surface area contributed by atoms with Gasteiger partial charge < -0.3 is 10.2 Å². The second kappa shape index (κ2) is 6.91. The van der Waals surface area contributed by atoms with Crippen molar-refractivity contribution >= 4 is 0 Å². The van der Waals surface area contributed by atoms with E-state index in [2.05, 4.69) is 54.5 Å². The van der Waals surface area contributed by atoms with Crippen molar-refractivity contribution < 1.29 is 0 Å². The smallest absolute Gasteiger partial charge is 0.00187 e. The van der Waals surface area contributed by atoms with Crippen LogP contribution in [-0.4, -0.2) is 38.1 Å². The van der Waals surface area contributed by atoms with Crippen LogP contribution in [0, 0.1) is 5.92 Å². The Labute approximate surface area is 111 Å². The van der Waals surface area contributed by atoms with Gasteiger partial charge in [-0.15, -0.1) is 0 Å². The van der Waals surface area contributed by atoms with Gasteiger partial charge in [0.05, 0.1) is 0 Å². The third-order valence-corrected chi connectivity index (χ3v) is 3.97. The summed E-state index contributed by atoms with van der Waals surface area (Å²) in [5.41, 5.74) is 1.44. The van der Waals surface area contributed by atoms with Crippen LogP contribution in [0.2, 0.25) is 0 Å².